The molecule has 43 heavy (non-hydrogen) atoms. The minimum atomic E-state index is -0.672. The maximum Gasteiger partial charge on any atom is 0.276 e. The van der Waals surface area contributed by atoms with Gasteiger partial charge in [-0.2, -0.15) is 0 Å². The highest BCUT2D eigenvalue weighted by Gasteiger charge is 2.20. The van der Waals surface area contributed by atoms with Crippen molar-refractivity contribution in [2.45, 2.75) is 30.4 Å². The van der Waals surface area contributed by atoms with Gasteiger partial charge in [0.15, 0.2) is 0 Å². The number of hydrogen-bond donors (Lipinski definition) is 3. The molecule has 0 aliphatic rings. The number of rotatable bonds is 11. The van der Waals surface area contributed by atoms with E-state index in [0.29, 0.717) is 23.4 Å². The molecule has 0 spiro atoms. The highest BCUT2D eigenvalue weighted by molar-refractivity contribution is 8.00. The van der Waals surface area contributed by atoms with E-state index in [0.717, 1.165) is 10.5 Å². The lowest BCUT2D eigenvalue weighted by Crippen LogP contribution is -2.30. The summed E-state index contributed by atoms with van der Waals surface area (Å²) in [5.41, 5.74) is 2.31. The van der Waals surface area contributed by atoms with Crippen LogP contribution in [-0.2, 0) is 9.59 Å². The number of thioether (sulfide) groups is 1. The van der Waals surface area contributed by atoms with Crippen molar-refractivity contribution in [3.63, 3.8) is 0 Å². The summed E-state index contributed by atoms with van der Waals surface area (Å²) in [4.78, 5) is 51.1. The number of nitrogens with zero attached hydrogens (tertiary/aromatic N) is 1. The number of nitro benzene ring substituents is 1. The first-order valence-corrected chi connectivity index (χ1v) is 14.4. The minimum Gasteiger partial charge on any atom is -0.325 e. The van der Waals surface area contributed by atoms with Gasteiger partial charge in [0, 0.05) is 27.9 Å². The van der Waals surface area contributed by atoms with E-state index in [1.807, 2.05) is 44.2 Å². The van der Waals surface area contributed by atoms with Gasteiger partial charge in [-0.25, -0.2) is 0 Å². The van der Waals surface area contributed by atoms with Crippen LogP contribution in [-0.4, -0.2) is 27.9 Å². The van der Waals surface area contributed by atoms with Crippen molar-refractivity contribution in [2.75, 3.05) is 10.6 Å². The number of nitro groups is 1. The average molecular weight is 595 g/mol. The molecule has 1 atom stereocenters. The molecule has 0 radical (unpaired) electrons. The van der Waals surface area contributed by atoms with Crippen molar-refractivity contribution in [3.05, 3.63) is 136 Å². The van der Waals surface area contributed by atoms with Crippen molar-refractivity contribution in [2.24, 2.45) is 0 Å². The molecule has 0 aliphatic carbocycles. The van der Waals surface area contributed by atoms with Gasteiger partial charge in [0.05, 0.1) is 15.7 Å². The molecule has 218 valence electrons. The molecule has 9 nitrogen and oxygen atoms in total. The predicted molar refractivity (Wildman–Crippen MR) is 170 cm³/mol. The van der Waals surface area contributed by atoms with Crippen LogP contribution in [0, 0.1) is 17.0 Å². The van der Waals surface area contributed by atoms with Crippen molar-refractivity contribution >= 4 is 52.6 Å². The van der Waals surface area contributed by atoms with Crippen molar-refractivity contribution in [3.8, 4) is 0 Å². The van der Waals surface area contributed by atoms with E-state index < -0.39 is 16.7 Å². The molecular formula is C33H30N4O5S. The molecular weight excluding hydrogens is 564 g/mol. The van der Waals surface area contributed by atoms with Gasteiger partial charge < -0.3 is 16.0 Å². The van der Waals surface area contributed by atoms with E-state index in [9.17, 15) is 24.5 Å². The number of aryl methyl sites for hydroxylation is 1. The highest BCUT2D eigenvalue weighted by Crippen LogP contribution is 2.29. The summed E-state index contributed by atoms with van der Waals surface area (Å²) < 4.78 is 0. The van der Waals surface area contributed by atoms with Gasteiger partial charge in [-0.1, -0.05) is 61.0 Å². The fraction of sp³-hybridized carbons (Fsp3) is 0.121. The molecule has 3 amide bonds. The van der Waals surface area contributed by atoms with Crippen LogP contribution in [0.5, 0.6) is 0 Å². The zero-order chi connectivity index (χ0) is 30.8. The van der Waals surface area contributed by atoms with Gasteiger partial charge in [-0.3, -0.25) is 24.5 Å². The van der Waals surface area contributed by atoms with Crippen LogP contribution in [0.25, 0.3) is 6.08 Å². The Bertz CT molecular complexity index is 1660. The number of amides is 3. The quantitative estimate of drug-likeness (QED) is 0.0756. The molecule has 0 saturated carbocycles. The molecule has 4 aromatic rings. The zero-order valence-corrected chi connectivity index (χ0v) is 24.4. The summed E-state index contributed by atoms with van der Waals surface area (Å²) in [6, 6.07) is 28.8. The van der Waals surface area contributed by atoms with Crippen LogP contribution in [0.4, 0.5) is 17.1 Å². The summed E-state index contributed by atoms with van der Waals surface area (Å²) >= 11 is 1.36. The molecule has 0 fully saturated rings. The van der Waals surface area contributed by atoms with Crippen molar-refractivity contribution < 1.29 is 19.3 Å². The molecule has 1 unspecified atom stereocenters. The summed E-state index contributed by atoms with van der Waals surface area (Å²) in [6.45, 7) is 3.90. The lowest BCUT2D eigenvalue weighted by Gasteiger charge is -2.16. The fourth-order valence-electron chi connectivity index (χ4n) is 4.07. The van der Waals surface area contributed by atoms with E-state index in [-0.39, 0.29) is 28.1 Å². The molecule has 10 heteroatoms. The van der Waals surface area contributed by atoms with Crippen LogP contribution in [0.2, 0.25) is 0 Å². The number of carbonyl (C=O) groups excluding carboxylic acids is 3. The van der Waals surface area contributed by atoms with Gasteiger partial charge >= 0.3 is 0 Å². The normalized spacial score (nSPS) is 11.7. The topological polar surface area (TPSA) is 130 Å². The van der Waals surface area contributed by atoms with Crippen molar-refractivity contribution in [1.29, 1.82) is 0 Å². The Morgan fingerprint density at radius 1 is 0.860 bits per heavy atom. The first-order chi connectivity index (χ1) is 20.7. The highest BCUT2D eigenvalue weighted by atomic mass is 32.2. The van der Waals surface area contributed by atoms with E-state index in [1.165, 1.54) is 36.0 Å². The Labute approximate surface area is 253 Å². The lowest BCUT2D eigenvalue weighted by atomic mass is 10.1. The Balaban J connectivity index is 1.54. The number of nitrogens with one attached hydrogen (secondary N) is 3. The standard InChI is InChI=1S/C33H30N4O5S/c1-3-30(33(40)34-25-18-16-22(2)17-19-25)43-27-14-9-13-26(21-27)35-32(39)28(36-31(38)23-10-5-4-6-11-23)20-24-12-7-8-15-29(24)37(41)42/h4-21,30H,3H2,1-2H3,(H,34,40)(H,35,39)(H,36,38)/b28-20+. The molecule has 0 bridgehead atoms. The van der Waals surface area contributed by atoms with E-state index >= 15 is 0 Å². The van der Waals surface area contributed by atoms with Crippen LogP contribution < -0.4 is 16.0 Å². The second-order valence-corrected chi connectivity index (χ2v) is 10.8. The first kappa shape index (κ1) is 30.7. The molecule has 0 saturated heterocycles. The third-order valence-corrected chi connectivity index (χ3v) is 7.67. The van der Waals surface area contributed by atoms with E-state index in [4.69, 9.17) is 0 Å². The fourth-order valence-corrected chi connectivity index (χ4v) is 5.08. The Morgan fingerprint density at radius 3 is 2.26 bits per heavy atom. The molecule has 0 aromatic heterocycles. The lowest BCUT2D eigenvalue weighted by molar-refractivity contribution is -0.385. The van der Waals surface area contributed by atoms with E-state index in [1.54, 1.807) is 54.6 Å². The van der Waals surface area contributed by atoms with Crippen LogP contribution >= 0.6 is 11.8 Å². The number of carbonyl (C=O) groups is 3. The Morgan fingerprint density at radius 2 is 1.56 bits per heavy atom. The second kappa shape index (κ2) is 14.6. The molecule has 4 aromatic carbocycles. The summed E-state index contributed by atoms with van der Waals surface area (Å²) in [6.07, 6.45) is 1.85. The molecule has 0 aliphatic heterocycles. The maximum atomic E-state index is 13.5. The monoisotopic (exact) mass is 594 g/mol. The van der Waals surface area contributed by atoms with Gasteiger partial charge in [-0.05, 0) is 68.0 Å². The minimum absolute atomic E-state index is 0.135. The van der Waals surface area contributed by atoms with Crippen LogP contribution in [0.1, 0.15) is 34.8 Å². The second-order valence-electron chi connectivity index (χ2n) is 9.55. The van der Waals surface area contributed by atoms with Gasteiger partial charge in [0.25, 0.3) is 17.5 Å². The smallest absolute Gasteiger partial charge is 0.276 e. The first-order valence-electron chi connectivity index (χ1n) is 13.5. The Kier molecular flexibility index (Phi) is 10.4. The van der Waals surface area contributed by atoms with Crippen LogP contribution in [0.15, 0.2) is 114 Å². The summed E-state index contributed by atoms with van der Waals surface area (Å²) in [7, 11) is 0. The van der Waals surface area contributed by atoms with Crippen LogP contribution in [0.3, 0.4) is 0 Å². The zero-order valence-electron chi connectivity index (χ0n) is 23.6. The number of para-hydroxylation sites is 1. The summed E-state index contributed by atoms with van der Waals surface area (Å²) in [5, 5.41) is 19.5. The maximum absolute atomic E-state index is 13.5. The molecule has 3 N–H and O–H groups in total. The summed E-state index contributed by atoms with van der Waals surface area (Å²) in [5.74, 6) is -1.35. The number of anilines is 2. The molecule has 4 rings (SSSR count). The van der Waals surface area contributed by atoms with Crippen molar-refractivity contribution in [1.82, 2.24) is 5.32 Å². The van der Waals surface area contributed by atoms with E-state index in [2.05, 4.69) is 16.0 Å². The Hall–Kier alpha value is -5.22. The SMILES string of the molecule is CCC(Sc1cccc(NC(=O)/C(=C\c2ccccc2[N+](=O)[O-])NC(=O)c2ccccc2)c1)C(=O)Nc1ccc(C)cc1. The van der Waals surface area contributed by atoms with Gasteiger partial charge in [0.1, 0.15) is 5.70 Å². The third kappa shape index (κ3) is 8.64. The largest absolute Gasteiger partial charge is 0.325 e. The van der Waals surface area contributed by atoms with Gasteiger partial charge in [-0.15, -0.1) is 11.8 Å². The molecule has 0 heterocycles. The third-order valence-electron chi connectivity index (χ3n) is 6.31. The average Bonchev–Trinajstić information content (AvgIpc) is 3.01. The predicted octanol–water partition coefficient (Wildman–Crippen LogP) is 6.82. The van der Waals surface area contributed by atoms with Gasteiger partial charge in [0.2, 0.25) is 5.91 Å². The number of benzene rings is 4. The number of hydrogen-bond acceptors (Lipinski definition) is 6.